The summed E-state index contributed by atoms with van der Waals surface area (Å²) in [7, 11) is 1.85. The summed E-state index contributed by atoms with van der Waals surface area (Å²) < 4.78 is 1.73. The summed E-state index contributed by atoms with van der Waals surface area (Å²) in [6.07, 6.45) is 3.44. The first-order valence-corrected chi connectivity index (χ1v) is 5.92. The number of aromatic nitrogens is 4. The number of H-pyrrole nitrogens is 1. The lowest BCUT2D eigenvalue weighted by Gasteiger charge is -2.05. The van der Waals surface area contributed by atoms with E-state index in [4.69, 9.17) is 0 Å². The van der Waals surface area contributed by atoms with E-state index in [2.05, 4.69) is 20.6 Å². The Kier molecular flexibility index (Phi) is 2.75. The molecule has 2 N–H and O–H groups in total. The number of amides is 1. The number of rotatable bonds is 3. The number of fused-ring (bicyclic) bond motifs is 1. The van der Waals surface area contributed by atoms with Crippen LogP contribution in [-0.4, -0.2) is 25.9 Å². The van der Waals surface area contributed by atoms with E-state index in [1.807, 2.05) is 19.2 Å². The summed E-state index contributed by atoms with van der Waals surface area (Å²) >= 11 is 0. The SMILES string of the molecule is Cn1nccc1CNC(=O)c1ccc2cn[nH]c2c1. The van der Waals surface area contributed by atoms with Gasteiger partial charge in [-0.3, -0.25) is 14.6 Å². The summed E-state index contributed by atoms with van der Waals surface area (Å²) in [5.41, 5.74) is 2.42. The molecule has 3 aromatic rings. The van der Waals surface area contributed by atoms with Gasteiger partial charge in [0.05, 0.1) is 24.0 Å². The molecule has 0 atom stereocenters. The fraction of sp³-hybridized carbons (Fsp3) is 0.154. The van der Waals surface area contributed by atoms with E-state index < -0.39 is 0 Å². The van der Waals surface area contributed by atoms with Crippen LogP contribution in [0.2, 0.25) is 0 Å². The third-order valence-corrected chi connectivity index (χ3v) is 3.06. The number of aromatic amines is 1. The predicted molar refractivity (Wildman–Crippen MR) is 70.5 cm³/mol. The van der Waals surface area contributed by atoms with Crippen molar-refractivity contribution < 1.29 is 4.79 Å². The van der Waals surface area contributed by atoms with Crippen molar-refractivity contribution in [3.63, 3.8) is 0 Å². The molecule has 0 spiro atoms. The molecule has 0 bridgehead atoms. The number of carbonyl (C=O) groups is 1. The molecule has 6 heteroatoms. The lowest BCUT2D eigenvalue weighted by molar-refractivity contribution is 0.0950. The predicted octanol–water partition coefficient (Wildman–Crippen LogP) is 1.23. The van der Waals surface area contributed by atoms with E-state index in [1.165, 1.54) is 0 Å². The molecule has 0 unspecified atom stereocenters. The van der Waals surface area contributed by atoms with Gasteiger partial charge in [0.25, 0.3) is 5.91 Å². The normalized spacial score (nSPS) is 10.8. The van der Waals surface area contributed by atoms with E-state index in [0.29, 0.717) is 12.1 Å². The maximum absolute atomic E-state index is 12.0. The van der Waals surface area contributed by atoms with Crippen LogP contribution in [-0.2, 0) is 13.6 Å². The second kappa shape index (κ2) is 4.56. The monoisotopic (exact) mass is 255 g/mol. The molecule has 6 nitrogen and oxygen atoms in total. The van der Waals surface area contributed by atoms with Crippen LogP contribution in [0.4, 0.5) is 0 Å². The van der Waals surface area contributed by atoms with E-state index in [-0.39, 0.29) is 5.91 Å². The summed E-state index contributed by atoms with van der Waals surface area (Å²) in [6, 6.07) is 7.33. The number of carbonyl (C=O) groups excluding carboxylic acids is 1. The molecule has 2 heterocycles. The van der Waals surface area contributed by atoms with Gasteiger partial charge in [-0.1, -0.05) is 6.07 Å². The molecule has 1 aromatic carbocycles. The molecule has 0 aliphatic heterocycles. The molecule has 2 aromatic heterocycles. The van der Waals surface area contributed by atoms with Gasteiger partial charge in [0, 0.05) is 24.2 Å². The summed E-state index contributed by atoms with van der Waals surface area (Å²) in [6.45, 7) is 0.455. The minimum atomic E-state index is -0.113. The Morgan fingerprint density at radius 2 is 2.32 bits per heavy atom. The first kappa shape index (κ1) is 11.5. The van der Waals surface area contributed by atoms with Gasteiger partial charge >= 0.3 is 0 Å². The third-order valence-electron chi connectivity index (χ3n) is 3.06. The first-order valence-electron chi connectivity index (χ1n) is 5.92. The van der Waals surface area contributed by atoms with E-state index in [0.717, 1.165) is 16.6 Å². The molecule has 0 fully saturated rings. The van der Waals surface area contributed by atoms with Crippen molar-refractivity contribution in [3.8, 4) is 0 Å². The van der Waals surface area contributed by atoms with E-state index in [1.54, 1.807) is 29.2 Å². The van der Waals surface area contributed by atoms with Gasteiger partial charge in [-0.25, -0.2) is 0 Å². The lowest BCUT2D eigenvalue weighted by atomic mass is 10.1. The van der Waals surface area contributed by atoms with E-state index >= 15 is 0 Å². The van der Waals surface area contributed by atoms with Crippen LogP contribution in [0.15, 0.2) is 36.7 Å². The highest BCUT2D eigenvalue weighted by Gasteiger charge is 2.08. The number of hydrogen-bond acceptors (Lipinski definition) is 3. The van der Waals surface area contributed by atoms with Crippen molar-refractivity contribution >= 4 is 16.8 Å². The van der Waals surface area contributed by atoms with Gasteiger partial charge in [-0.05, 0) is 18.2 Å². The number of nitrogens with zero attached hydrogens (tertiary/aromatic N) is 3. The lowest BCUT2D eigenvalue weighted by Crippen LogP contribution is -2.23. The maximum Gasteiger partial charge on any atom is 0.251 e. The Morgan fingerprint density at radius 1 is 1.42 bits per heavy atom. The minimum absolute atomic E-state index is 0.113. The molecule has 0 saturated carbocycles. The number of benzene rings is 1. The Balaban J connectivity index is 1.74. The van der Waals surface area contributed by atoms with Gasteiger partial charge in [0.2, 0.25) is 0 Å². The zero-order valence-electron chi connectivity index (χ0n) is 10.4. The van der Waals surface area contributed by atoms with Crippen LogP contribution in [0.5, 0.6) is 0 Å². The molecule has 1 amide bonds. The molecule has 96 valence electrons. The first-order chi connectivity index (χ1) is 9.24. The van der Waals surface area contributed by atoms with Crippen LogP contribution < -0.4 is 5.32 Å². The average molecular weight is 255 g/mol. The molecule has 19 heavy (non-hydrogen) atoms. The maximum atomic E-state index is 12.0. The van der Waals surface area contributed by atoms with Gasteiger partial charge < -0.3 is 5.32 Å². The standard InChI is InChI=1S/C13H13N5O/c1-18-11(4-5-16-18)8-14-13(19)9-2-3-10-7-15-17-12(10)6-9/h2-7H,8H2,1H3,(H,14,19)(H,15,17). The molecule has 0 radical (unpaired) electrons. The zero-order chi connectivity index (χ0) is 13.2. The van der Waals surface area contributed by atoms with Crippen LogP contribution in [0.1, 0.15) is 16.1 Å². The van der Waals surface area contributed by atoms with Crippen LogP contribution in [0.25, 0.3) is 10.9 Å². The smallest absolute Gasteiger partial charge is 0.251 e. The number of hydrogen-bond donors (Lipinski definition) is 2. The number of nitrogens with one attached hydrogen (secondary N) is 2. The Labute approximate surface area is 109 Å². The summed E-state index contributed by atoms with van der Waals surface area (Å²) in [4.78, 5) is 12.0. The summed E-state index contributed by atoms with van der Waals surface area (Å²) in [5.74, 6) is -0.113. The fourth-order valence-corrected chi connectivity index (χ4v) is 1.93. The van der Waals surface area contributed by atoms with Crippen molar-refractivity contribution in [1.82, 2.24) is 25.3 Å². The number of aryl methyl sites for hydroxylation is 1. The van der Waals surface area contributed by atoms with Gasteiger partial charge in [0.1, 0.15) is 0 Å². The Hall–Kier alpha value is -2.63. The second-order valence-electron chi connectivity index (χ2n) is 4.30. The highest BCUT2D eigenvalue weighted by Crippen LogP contribution is 2.12. The quantitative estimate of drug-likeness (QED) is 0.739. The van der Waals surface area contributed by atoms with Crippen LogP contribution >= 0.6 is 0 Å². The highest BCUT2D eigenvalue weighted by atomic mass is 16.1. The Bertz CT molecular complexity index is 727. The Morgan fingerprint density at radius 3 is 3.11 bits per heavy atom. The minimum Gasteiger partial charge on any atom is -0.346 e. The molecule has 0 aliphatic carbocycles. The van der Waals surface area contributed by atoms with E-state index in [9.17, 15) is 4.79 Å². The molecule has 3 rings (SSSR count). The molecular weight excluding hydrogens is 242 g/mol. The van der Waals surface area contributed by atoms with Crippen molar-refractivity contribution in [2.24, 2.45) is 7.05 Å². The van der Waals surface area contributed by atoms with Crippen molar-refractivity contribution in [2.45, 2.75) is 6.54 Å². The summed E-state index contributed by atoms with van der Waals surface area (Å²) in [5, 5.41) is 14.7. The van der Waals surface area contributed by atoms with Gasteiger partial charge in [-0.2, -0.15) is 10.2 Å². The third kappa shape index (κ3) is 2.20. The second-order valence-corrected chi connectivity index (χ2v) is 4.30. The van der Waals surface area contributed by atoms with Crippen LogP contribution in [0.3, 0.4) is 0 Å². The zero-order valence-corrected chi connectivity index (χ0v) is 10.4. The molecular formula is C13H13N5O. The van der Waals surface area contributed by atoms with Crippen molar-refractivity contribution in [1.29, 1.82) is 0 Å². The fourth-order valence-electron chi connectivity index (χ4n) is 1.93. The van der Waals surface area contributed by atoms with Crippen molar-refractivity contribution in [3.05, 3.63) is 47.9 Å². The largest absolute Gasteiger partial charge is 0.346 e. The van der Waals surface area contributed by atoms with Crippen LogP contribution in [0, 0.1) is 0 Å². The average Bonchev–Trinajstić information content (AvgIpc) is 3.03. The van der Waals surface area contributed by atoms with Gasteiger partial charge in [-0.15, -0.1) is 0 Å². The molecule has 0 aliphatic rings. The topological polar surface area (TPSA) is 75.6 Å². The highest BCUT2D eigenvalue weighted by molar-refractivity contribution is 5.97. The van der Waals surface area contributed by atoms with Crippen molar-refractivity contribution in [2.75, 3.05) is 0 Å². The van der Waals surface area contributed by atoms with Gasteiger partial charge in [0.15, 0.2) is 0 Å². The molecule has 0 saturated heterocycles.